The topological polar surface area (TPSA) is 103 Å². The van der Waals surface area contributed by atoms with E-state index in [1.807, 2.05) is 13.8 Å². The van der Waals surface area contributed by atoms with Crippen molar-refractivity contribution >= 4 is 27.0 Å². The van der Waals surface area contributed by atoms with E-state index in [1.165, 1.54) is 18.2 Å². The van der Waals surface area contributed by atoms with Crippen LogP contribution in [-0.2, 0) is 21.2 Å². The molecule has 1 heterocycles. The van der Waals surface area contributed by atoms with Crippen molar-refractivity contribution < 1.29 is 22.4 Å². The maximum atomic E-state index is 13.1. The average molecular weight is 458 g/mol. The standard InChI is InChI=1S/C24H27NO6S/c1-6-17-13-21(26)30-19-11-16(5)12-20(22(17)19)31-24(27)23(14(2)3)25-32(28,29)18-9-7-15(4)8-10-18/h7-14,23,25H,6H2,1-5H3/t23-/m0/s1. The van der Waals surface area contributed by atoms with Gasteiger partial charge in [-0.25, -0.2) is 18.0 Å². The van der Waals surface area contributed by atoms with Crippen LogP contribution >= 0.6 is 0 Å². The van der Waals surface area contributed by atoms with Gasteiger partial charge in [0, 0.05) is 6.07 Å². The number of aryl methyl sites for hydroxylation is 3. The van der Waals surface area contributed by atoms with Gasteiger partial charge in [-0.15, -0.1) is 0 Å². The van der Waals surface area contributed by atoms with Gasteiger partial charge in [0.25, 0.3) is 0 Å². The third-order valence-electron chi connectivity index (χ3n) is 5.16. The molecule has 2 aromatic carbocycles. The van der Waals surface area contributed by atoms with Crippen LogP contribution in [0.2, 0.25) is 0 Å². The summed E-state index contributed by atoms with van der Waals surface area (Å²) in [5.41, 5.74) is 2.17. The van der Waals surface area contributed by atoms with Crippen molar-refractivity contribution in [3.05, 3.63) is 69.6 Å². The van der Waals surface area contributed by atoms with E-state index >= 15 is 0 Å². The SMILES string of the molecule is CCc1cc(=O)oc2cc(C)cc(OC(=O)[C@@H](NS(=O)(=O)c3ccc(C)cc3)C(C)C)c12. The highest BCUT2D eigenvalue weighted by atomic mass is 32.2. The number of esters is 1. The summed E-state index contributed by atoms with van der Waals surface area (Å²) in [6.45, 7) is 8.99. The second-order valence-electron chi connectivity index (χ2n) is 8.16. The molecule has 1 N–H and O–H groups in total. The molecule has 3 aromatic rings. The first-order valence-electron chi connectivity index (χ1n) is 10.4. The monoisotopic (exact) mass is 457 g/mol. The van der Waals surface area contributed by atoms with Crippen molar-refractivity contribution in [2.24, 2.45) is 5.92 Å². The number of rotatable bonds is 7. The molecule has 7 nitrogen and oxygen atoms in total. The van der Waals surface area contributed by atoms with E-state index in [0.717, 1.165) is 11.1 Å². The van der Waals surface area contributed by atoms with Crippen molar-refractivity contribution in [1.29, 1.82) is 0 Å². The fraction of sp³-hybridized carbons (Fsp3) is 0.333. The third-order valence-corrected chi connectivity index (χ3v) is 6.62. The van der Waals surface area contributed by atoms with Crippen molar-refractivity contribution in [2.45, 2.75) is 52.0 Å². The van der Waals surface area contributed by atoms with Crippen LogP contribution in [0.25, 0.3) is 11.0 Å². The zero-order chi connectivity index (χ0) is 23.6. The number of carbonyl (C=O) groups is 1. The summed E-state index contributed by atoms with van der Waals surface area (Å²) in [5, 5.41) is 0.523. The number of hydrogen-bond acceptors (Lipinski definition) is 6. The molecule has 1 atom stereocenters. The van der Waals surface area contributed by atoms with Gasteiger partial charge >= 0.3 is 11.6 Å². The van der Waals surface area contributed by atoms with Crippen LogP contribution in [0, 0.1) is 19.8 Å². The minimum absolute atomic E-state index is 0.0672. The molecule has 8 heteroatoms. The Hall–Kier alpha value is -2.97. The second-order valence-corrected chi connectivity index (χ2v) is 9.87. The first kappa shape index (κ1) is 23.7. The lowest BCUT2D eigenvalue weighted by molar-refractivity contribution is -0.137. The summed E-state index contributed by atoms with van der Waals surface area (Å²) >= 11 is 0. The molecule has 0 aliphatic heterocycles. The van der Waals surface area contributed by atoms with Gasteiger partial charge in [0.2, 0.25) is 10.0 Å². The number of hydrogen-bond donors (Lipinski definition) is 1. The summed E-state index contributed by atoms with van der Waals surface area (Å²) in [4.78, 5) is 25.0. The molecule has 3 rings (SSSR count). The predicted octanol–water partition coefficient (Wildman–Crippen LogP) is 3.88. The molecule has 0 saturated heterocycles. The highest BCUT2D eigenvalue weighted by Gasteiger charge is 2.30. The first-order chi connectivity index (χ1) is 15.0. The van der Waals surface area contributed by atoms with Gasteiger partial charge in [0.15, 0.2) is 0 Å². The summed E-state index contributed by atoms with van der Waals surface area (Å²) in [6, 6.07) is 9.99. The Labute approximate surface area is 187 Å². The third kappa shape index (κ3) is 5.08. The van der Waals surface area contributed by atoms with Crippen LogP contribution in [0.5, 0.6) is 5.75 Å². The van der Waals surface area contributed by atoms with Gasteiger partial charge in [0.1, 0.15) is 17.4 Å². The highest BCUT2D eigenvalue weighted by molar-refractivity contribution is 7.89. The minimum Gasteiger partial charge on any atom is -0.425 e. The average Bonchev–Trinajstić information content (AvgIpc) is 2.70. The zero-order valence-electron chi connectivity index (χ0n) is 18.8. The quantitative estimate of drug-likeness (QED) is 0.328. The molecule has 0 saturated carbocycles. The minimum atomic E-state index is -3.94. The van der Waals surface area contributed by atoms with Crippen LogP contribution in [0.15, 0.2) is 56.6 Å². The maximum absolute atomic E-state index is 13.1. The van der Waals surface area contributed by atoms with Crippen LogP contribution in [0.4, 0.5) is 0 Å². The van der Waals surface area contributed by atoms with Gasteiger partial charge in [-0.2, -0.15) is 4.72 Å². The largest absolute Gasteiger partial charge is 0.425 e. The molecule has 32 heavy (non-hydrogen) atoms. The molecule has 0 fully saturated rings. The highest BCUT2D eigenvalue weighted by Crippen LogP contribution is 2.31. The fourth-order valence-corrected chi connectivity index (χ4v) is 4.74. The number of fused-ring (bicyclic) bond motifs is 1. The molecule has 0 amide bonds. The van der Waals surface area contributed by atoms with Crippen molar-refractivity contribution in [2.75, 3.05) is 0 Å². The van der Waals surface area contributed by atoms with Gasteiger partial charge in [-0.1, -0.05) is 38.5 Å². The van der Waals surface area contributed by atoms with Gasteiger partial charge in [-0.3, -0.25) is 0 Å². The van der Waals surface area contributed by atoms with E-state index < -0.39 is 27.7 Å². The van der Waals surface area contributed by atoms with Gasteiger partial charge in [-0.05, 0) is 61.6 Å². The number of benzene rings is 2. The first-order valence-corrected chi connectivity index (χ1v) is 11.9. The van der Waals surface area contributed by atoms with Crippen LogP contribution in [-0.4, -0.2) is 20.4 Å². The molecule has 0 radical (unpaired) electrons. The second kappa shape index (κ2) is 9.26. The predicted molar refractivity (Wildman–Crippen MR) is 122 cm³/mol. The lowest BCUT2D eigenvalue weighted by atomic mass is 10.0. The summed E-state index contributed by atoms with van der Waals surface area (Å²) < 4.78 is 39.2. The molecule has 0 bridgehead atoms. The van der Waals surface area contributed by atoms with E-state index in [9.17, 15) is 18.0 Å². The van der Waals surface area contributed by atoms with Gasteiger partial charge < -0.3 is 9.15 Å². The summed E-state index contributed by atoms with van der Waals surface area (Å²) in [6.07, 6.45) is 0.531. The Balaban J connectivity index is 1.97. The molecule has 0 aliphatic rings. The van der Waals surface area contributed by atoms with Crippen molar-refractivity contribution in [3.63, 3.8) is 0 Å². The van der Waals surface area contributed by atoms with Gasteiger partial charge in [0.05, 0.1) is 10.3 Å². The van der Waals surface area contributed by atoms with Crippen LogP contribution < -0.4 is 15.1 Å². The zero-order valence-corrected chi connectivity index (χ0v) is 19.6. The van der Waals surface area contributed by atoms with E-state index in [1.54, 1.807) is 45.0 Å². The van der Waals surface area contributed by atoms with Crippen LogP contribution in [0.3, 0.4) is 0 Å². The maximum Gasteiger partial charge on any atom is 0.336 e. The Kier molecular flexibility index (Phi) is 6.85. The van der Waals surface area contributed by atoms with Crippen molar-refractivity contribution in [1.82, 2.24) is 4.72 Å². The molecule has 0 unspecified atom stereocenters. The molecular weight excluding hydrogens is 430 g/mol. The number of sulfonamides is 1. The number of nitrogens with one attached hydrogen (secondary N) is 1. The normalized spacial score (nSPS) is 12.8. The summed E-state index contributed by atoms with van der Waals surface area (Å²) in [7, 11) is -3.94. The Morgan fingerprint density at radius 2 is 1.72 bits per heavy atom. The molecule has 1 aromatic heterocycles. The number of carbonyl (C=O) groups excluding carboxylic acids is 1. The molecular formula is C24H27NO6S. The Bertz CT molecular complexity index is 1310. The molecule has 170 valence electrons. The van der Waals surface area contributed by atoms with E-state index in [0.29, 0.717) is 23.0 Å². The Morgan fingerprint density at radius 1 is 1.06 bits per heavy atom. The number of ether oxygens (including phenoxy) is 1. The molecule has 0 spiro atoms. The smallest absolute Gasteiger partial charge is 0.336 e. The lowest BCUT2D eigenvalue weighted by Gasteiger charge is -2.21. The van der Waals surface area contributed by atoms with Crippen LogP contribution in [0.1, 0.15) is 37.5 Å². The fourth-order valence-electron chi connectivity index (χ4n) is 3.41. The van der Waals surface area contributed by atoms with Crippen molar-refractivity contribution in [3.8, 4) is 5.75 Å². The summed E-state index contributed by atoms with van der Waals surface area (Å²) in [5.74, 6) is -0.885. The van der Waals surface area contributed by atoms with E-state index in [-0.39, 0.29) is 16.6 Å². The lowest BCUT2D eigenvalue weighted by Crippen LogP contribution is -2.46. The van der Waals surface area contributed by atoms with E-state index in [4.69, 9.17) is 9.15 Å². The molecule has 0 aliphatic carbocycles. The van der Waals surface area contributed by atoms with E-state index in [2.05, 4.69) is 4.72 Å². The Morgan fingerprint density at radius 3 is 2.31 bits per heavy atom.